The van der Waals surface area contributed by atoms with Crippen molar-refractivity contribution in [2.24, 2.45) is 0 Å². The fourth-order valence-electron chi connectivity index (χ4n) is 11.3. The summed E-state index contributed by atoms with van der Waals surface area (Å²) >= 11 is 0. The van der Waals surface area contributed by atoms with E-state index in [0.717, 1.165) is 66.5 Å². The molecule has 0 radical (unpaired) electrons. The second-order valence-electron chi connectivity index (χ2n) is 18.9. The maximum atomic E-state index is 8.49. The monoisotopic (exact) mass is 979 g/mol. The highest BCUT2D eigenvalue weighted by Gasteiger charge is 2.21. The molecule has 14 aromatic rings. The van der Waals surface area contributed by atoms with Gasteiger partial charge in [0.25, 0.3) is 0 Å². The summed E-state index contributed by atoms with van der Waals surface area (Å²) in [5, 5.41) is 7.01. The fraction of sp³-hybridized carbons (Fsp3) is 0. The van der Waals surface area contributed by atoms with Gasteiger partial charge in [-0.05, 0) is 125 Å². The smallest absolute Gasteiger partial charge is 0.187 e. The molecule has 0 saturated carbocycles. The molecule has 9 nitrogen and oxygen atoms in total. The standard InChI is InChI=1S/C68H37N9/c1-69-46-17-13-15-43(35-46)57-41-58(74-68(73-57)44-16-14-18-47(36-44)70-2)45-37-59(71-3)67(60(38-45)72-4)42-27-29-48(30-28-42)75-65-33-31-49(76-61-23-9-5-19-51(61)52-20-6-10-24-62(52)76)39-55(65)56-40-50(32-34-66(56)75)77-63-25-11-7-21-53(63)54-22-8-12-26-64(54)77/h5-41H. The van der Waals surface area contributed by atoms with Crippen LogP contribution in [0, 0.1) is 26.3 Å². The molecule has 0 unspecified atom stereocenters. The molecular weight excluding hydrogens is 943 g/mol. The quantitative estimate of drug-likeness (QED) is 0.149. The zero-order valence-corrected chi connectivity index (χ0v) is 40.9. The van der Waals surface area contributed by atoms with E-state index in [4.69, 9.17) is 36.3 Å². The average Bonchev–Trinajstić information content (AvgIpc) is 4.27. The van der Waals surface area contributed by atoms with Gasteiger partial charge in [-0.25, -0.2) is 29.3 Å². The summed E-state index contributed by atoms with van der Waals surface area (Å²) in [6.45, 7) is 32.2. The number of aromatic nitrogens is 5. The summed E-state index contributed by atoms with van der Waals surface area (Å²) in [4.78, 5) is 25.2. The van der Waals surface area contributed by atoms with Crippen LogP contribution in [0.5, 0.6) is 0 Å². The molecule has 0 amide bonds. The predicted octanol–water partition coefficient (Wildman–Crippen LogP) is 18.6. The van der Waals surface area contributed by atoms with Crippen molar-refractivity contribution < 1.29 is 0 Å². The van der Waals surface area contributed by atoms with Gasteiger partial charge in [-0.2, -0.15) is 0 Å². The molecule has 0 N–H and O–H groups in total. The lowest BCUT2D eigenvalue weighted by Gasteiger charge is -2.14. The lowest BCUT2D eigenvalue weighted by atomic mass is 9.97. The van der Waals surface area contributed by atoms with Gasteiger partial charge in [0, 0.05) is 54.9 Å². The minimum atomic E-state index is 0.306. The molecule has 0 spiro atoms. The van der Waals surface area contributed by atoms with E-state index in [0.29, 0.717) is 62.2 Å². The Balaban J connectivity index is 0.921. The van der Waals surface area contributed by atoms with E-state index in [1.807, 2.05) is 36.4 Å². The molecule has 0 aliphatic carbocycles. The van der Waals surface area contributed by atoms with E-state index in [-0.39, 0.29) is 0 Å². The molecule has 0 bridgehead atoms. The van der Waals surface area contributed by atoms with Crippen LogP contribution in [-0.4, -0.2) is 23.7 Å². The van der Waals surface area contributed by atoms with Crippen LogP contribution in [0.15, 0.2) is 224 Å². The minimum Gasteiger partial charge on any atom is -0.309 e. The first-order chi connectivity index (χ1) is 38.0. The second kappa shape index (κ2) is 17.7. The van der Waals surface area contributed by atoms with E-state index >= 15 is 0 Å². The molecular formula is C68H37N9. The second-order valence-corrected chi connectivity index (χ2v) is 18.9. The van der Waals surface area contributed by atoms with E-state index < -0.39 is 0 Å². The molecule has 4 heterocycles. The highest BCUT2D eigenvalue weighted by Crippen LogP contribution is 2.45. The highest BCUT2D eigenvalue weighted by atomic mass is 15.0. The van der Waals surface area contributed by atoms with Crippen molar-refractivity contribution in [2.75, 3.05) is 0 Å². The van der Waals surface area contributed by atoms with Crippen LogP contribution in [-0.2, 0) is 0 Å². The molecule has 10 aromatic carbocycles. The SMILES string of the molecule is [C-]#[N+]c1cccc(-c2cc(-c3cc([N+]#[C-])c(-c4ccc(-n5c6ccc(-n7c8ccccc8c8ccccc87)cc6c6cc(-n7c8ccccc8c8ccccc87)ccc65)cc4)c([N+]#[C-])c3)nc(-c3cccc([N+]#[C-])c3)n2)c1. The molecule has 0 atom stereocenters. The molecule has 4 aromatic heterocycles. The number of fused-ring (bicyclic) bond motifs is 9. The first-order valence-electron chi connectivity index (χ1n) is 24.9. The van der Waals surface area contributed by atoms with Gasteiger partial charge in [-0.15, -0.1) is 0 Å². The summed E-state index contributed by atoms with van der Waals surface area (Å²) in [6, 6.07) is 75.7. The third-order valence-electron chi connectivity index (χ3n) is 14.7. The number of benzene rings is 10. The van der Waals surface area contributed by atoms with Crippen LogP contribution in [0.1, 0.15) is 0 Å². The number of nitrogens with zero attached hydrogens (tertiary/aromatic N) is 9. The van der Waals surface area contributed by atoms with E-state index in [2.05, 4.69) is 179 Å². The Morgan fingerprint density at radius 1 is 0.286 bits per heavy atom. The van der Waals surface area contributed by atoms with Gasteiger partial charge in [0.1, 0.15) is 0 Å². The number of hydrogen-bond acceptors (Lipinski definition) is 2. The van der Waals surface area contributed by atoms with Crippen molar-refractivity contribution in [1.29, 1.82) is 0 Å². The van der Waals surface area contributed by atoms with Crippen LogP contribution in [0.25, 0.3) is 147 Å². The molecule has 77 heavy (non-hydrogen) atoms. The Morgan fingerprint density at radius 3 is 1.16 bits per heavy atom. The fourth-order valence-corrected chi connectivity index (χ4v) is 11.3. The topological polar surface area (TPSA) is 58.0 Å². The average molecular weight is 980 g/mol. The molecule has 0 aliphatic heterocycles. The van der Waals surface area contributed by atoms with Gasteiger partial charge in [-0.3, -0.25) is 0 Å². The Morgan fingerprint density at radius 2 is 0.688 bits per heavy atom. The van der Waals surface area contributed by atoms with Crippen molar-refractivity contribution in [2.45, 2.75) is 0 Å². The van der Waals surface area contributed by atoms with Crippen molar-refractivity contribution in [3.63, 3.8) is 0 Å². The summed E-state index contributed by atoms with van der Waals surface area (Å²) < 4.78 is 7.03. The zero-order valence-electron chi connectivity index (χ0n) is 40.9. The predicted molar refractivity (Wildman–Crippen MR) is 312 cm³/mol. The summed E-state index contributed by atoms with van der Waals surface area (Å²) in [7, 11) is 0. The van der Waals surface area contributed by atoms with Crippen LogP contribution < -0.4 is 0 Å². The lowest BCUT2D eigenvalue weighted by Crippen LogP contribution is -1.97. The first kappa shape index (κ1) is 44.3. The van der Waals surface area contributed by atoms with Crippen molar-refractivity contribution in [3.8, 4) is 62.1 Å². The first-order valence-corrected chi connectivity index (χ1v) is 24.9. The Bertz CT molecular complexity index is 4600. The third-order valence-corrected chi connectivity index (χ3v) is 14.7. The molecule has 0 aliphatic rings. The van der Waals surface area contributed by atoms with E-state index in [1.54, 1.807) is 42.5 Å². The molecule has 9 heteroatoms. The maximum Gasteiger partial charge on any atom is 0.187 e. The normalized spacial score (nSPS) is 11.3. The number of rotatable bonds is 7. The lowest BCUT2D eigenvalue weighted by molar-refractivity contribution is 1.16. The summed E-state index contributed by atoms with van der Waals surface area (Å²) in [6.07, 6.45) is 0. The van der Waals surface area contributed by atoms with Crippen LogP contribution >= 0.6 is 0 Å². The van der Waals surface area contributed by atoms with Gasteiger partial charge in [0.2, 0.25) is 0 Å². The molecule has 354 valence electrons. The molecule has 0 saturated heterocycles. The van der Waals surface area contributed by atoms with Gasteiger partial charge in [0.05, 0.1) is 70.8 Å². The zero-order chi connectivity index (χ0) is 51.7. The van der Waals surface area contributed by atoms with Gasteiger partial charge >= 0.3 is 0 Å². The Hall–Kier alpha value is -11.4. The van der Waals surface area contributed by atoms with Crippen LogP contribution in [0.2, 0.25) is 0 Å². The summed E-state index contributed by atoms with van der Waals surface area (Å²) in [5.74, 6) is 0.375. The molecule has 14 rings (SSSR count). The third kappa shape index (κ3) is 7.13. The highest BCUT2D eigenvalue weighted by molar-refractivity contribution is 6.14. The molecule has 0 fully saturated rings. The van der Waals surface area contributed by atoms with Gasteiger partial charge in [0.15, 0.2) is 28.6 Å². The van der Waals surface area contributed by atoms with Crippen LogP contribution in [0.4, 0.5) is 22.7 Å². The minimum absolute atomic E-state index is 0.306. The summed E-state index contributed by atoms with van der Waals surface area (Å²) in [5.41, 5.74) is 15.5. The Labute approximate surface area is 441 Å². The van der Waals surface area contributed by atoms with E-state index in [1.165, 1.54) is 21.5 Å². The van der Waals surface area contributed by atoms with Gasteiger partial charge in [-0.1, -0.05) is 121 Å². The van der Waals surface area contributed by atoms with Crippen LogP contribution in [0.3, 0.4) is 0 Å². The van der Waals surface area contributed by atoms with Crippen molar-refractivity contribution >= 4 is 88.2 Å². The Kier molecular flexibility index (Phi) is 10.2. The van der Waals surface area contributed by atoms with Gasteiger partial charge < -0.3 is 13.7 Å². The maximum absolute atomic E-state index is 8.49. The van der Waals surface area contributed by atoms with E-state index in [9.17, 15) is 0 Å². The van der Waals surface area contributed by atoms with Crippen molar-refractivity contribution in [1.82, 2.24) is 23.7 Å². The largest absolute Gasteiger partial charge is 0.309 e. The van der Waals surface area contributed by atoms with Crippen molar-refractivity contribution in [3.05, 3.63) is 270 Å². The number of hydrogen-bond donors (Lipinski definition) is 0. The number of para-hydroxylation sites is 4.